The number of nitrogens with one attached hydrogen (secondary N) is 1. The van der Waals surface area contributed by atoms with E-state index in [9.17, 15) is 13.2 Å². The highest BCUT2D eigenvalue weighted by atomic mass is 35.5. The van der Waals surface area contributed by atoms with Crippen molar-refractivity contribution in [1.82, 2.24) is 4.72 Å². The molecule has 0 aliphatic heterocycles. The minimum atomic E-state index is -3.62. The number of ether oxygens (including phenoxy) is 2. The topological polar surface area (TPSA) is 81.7 Å². The fourth-order valence-corrected chi connectivity index (χ4v) is 3.66. The van der Waals surface area contributed by atoms with E-state index >= 15 is 0 Å². The van der Waals surface area contributed by atoms with Gasteiger partial charge in [-0.3, -0.25) is 0 Å². The number of esters is 1. The van der Waals surface area contributed by atoms with Crippen LogP contribution in [0.4, 0.5) is 0 Å². The van der Waals surface area contributed by atoms with Crippen LogP contribution in [0.3, 0.4) is 0 Å². The van der Waals surface area contributed by atoms with Gasteiger partial charge in [-0.25, -0.2) is 17.9 Å². The Kier molecular flexibility index (Phi) is 6.88. The van der Waals surface area contributed by atoms with E-state index in [4.69, 9.17) is 32.7 Å². The predicted octanol–water partition coefficient (Wildman–Crippen LogP) is 3.41. The first-order valence-corrected chi connectivity index (χ1v) is 9.83. The van der Waals surface area contributed by atoms with Crippen molar-refractivity contribution in [3.8, 4) is 5.75 Å². The number of sulfonamides is 1. The average molecular weight is 418 g/mol. The van der Waals surface area contributed by atoms with Crippen LogP contribution in [-0.4, -0.2) is 28.6 Å². The summed E-state index contributed by atoms with van der Waals surface area (Å²) in [4.78, 5) is 11.8. The van der Waals surface area contributed by atoms with E-state index in [0.717, 1.165) is 0 Å². The second-order valence-electron chi connectivity index (χ2n) is 5.35. The Bertz CT molecular complexity index is 915. The van der Waals surface area contributed by atoms with Gasteiger partial charge in [0.1, 0.15) is 11.3 Å². The molecule has 140 valence electrons. The van der Waals surface area contributed by atoms with Crippen molar-refractivity contribution in [3.05, 3.63) is 63.1 Å². The summed E-state index contributed by atoms with van der Waals surface area (Å²) in [6.07, 6.45) is 0. The van der Waals surface area contributed by atoms with Crippen LogP contribution in [0.5, 0.6) is 5.75 Å². The summed E-state index contributed by atoms with van der Waals surface area (Å²) in [5, 5.41) is 0.645. The Labute approximate surface area is 162 Å². The maximum absolute atomic E-state index is 12.3. The summed E-state index contributed by atoms with van der Waals surface area (Å²) in [6.45, 7) is 0.0116. The second kappa shape index (κ2) is 8.73. The van der Waals surface area contributed by atoms with Crippen LogP contribution in [-0.2, 0) is 27.1 Å². The first-order chi connectivity index (χ1) is 12.3. The Morgan fingerprint density at radius 3 is 2.35 bits per heavy atom. The SMILES string of the molecule is COC(=O)c1cc(CNS(=O)(=O)Cc2ccc(Cl)c(Cl)c2)ccc1OC. The number of methoxy groups -OCH3 is 2. The molecule has 0 aliphatic carbocycles. The lowest BCUT2D eigenvalue weighted by Crippen LogP contribution is -2.24. The largest absolute Gasteiger partial charge is 0.496 e. The minimum absolute atomic E-state index is 0.0116. The van der Waals surface area contributed by atoms with Crippen LogP contribution in [0.15, 0.2) is 36.4 Å². The van der Waals surface area contributed by atoms with Crippen LogP contribution in [0.2, 0.25) is 10.0 Å². The molecule has 6 nitrogen and oxygen atoms in total. The molecule has 0 saturated carbocycles. The molecule has 0 unspecified atom stereocenters. The van der Waals surface area contributed by atoms with E-state index in [1.165, 1.54) is 26.4 Å². The molecule has 1 N–H and O–H groups in total. The molecule has 0 saturated heterocycles. The molecule has 0 aliphatic rings. The Morgan fingerprint density at radius 2 is 1.73 bits per heavy atom. The quantitative estimate of drug-likeness (QED) is 0.697. The van der Waals surface area contributed by atoms with Crippen molar-refractivity contribution in [2.45, 2.75) is 12.3 Å². The number of halogens is 2. The monoisotopic (exact) mass is 417 g/mol. The lowest BCUT2D eigenvalue weighted by atomic mass is 10.1. The smallest absolute Gasteiger partial charge is 0.341 e. The summed E-state index contributed by atoms with van der Waals surface area (Å²) in [7, 11) is -0.926. The van der Waals surface area contributed by atoms with Gasteiger partial charge in [0.15, 0.2) is 0 Å². The van der Waals surface area contributed by atoms with Gasteiger partial charge in [0.05, 0.1) is 30.0 Å². The van der Waals surface area contributed by atoms with E-state index in [-0.39, 0.29) is 22.9 Å². The van der Waals surface area contributed by atoms with E-state index in [0.29, 0.717) is 21.9 Å². The van der Waals surface area contributed by atoms with Gasteiger partial charge < -0.3 is 9.47 Å². The molecule has 0 bridgehead atoms. The van der Waals surface area contributed by atoms with Crippen molar-refractivity contribution in [2.24, 2.45) is 0 Å². The first-order valence-electron chi connectivity index (χ1n) is 7.42. The molecule has 26 heavy (non-hydrogen) atoms. The van der Waals surface area contributed by atoms with Gasteiger partial charge in [-0.15, -0.1) is 0 Å². The summed E-state index contributed by atoms with van der Waals surface area (Å²) < 4.78 is 36.8. The second-order valence-corrected chi connectivity index (χ2v) is 7.98. The molecule has 2 aromatic rings. The van der Waals surface area contributed by atoms with E-state index in [2.05, 4.69) is 4.72 Å². The molecular formula is C17H17Cl2NO5S. The number of benzene rings is 2. The normalized spacial score (nSPS) is 11.2. The van der Waals surface area contributed by atoms with E-state index in [1.807, 2.05) is 0 Å². The zero-order valence-electron chi connectivity index (χ0n) is 14.1. The lowest BCUT2D eigenvalue weighted by Gasteiger charge is -2.11. The maximum Gasteiger partial charge on any atom is 0.341 e. The molecule has 0 atom stereocenters. The first kappa shape index (κ1) is 20.5. The van der Waals surface area contributed by atoms with E-state index in [1.54, 1.807) is 24.3 Å². The van der Waals surface area contributed by atoms with Crippen molar-refractivity contribution in [2.75, 3.05) is 14.2 Å². The molecule has 2 aromatic carbocycles. The van der Waals surface area contributed by atoms with E-state index < -0.39 is 16.0 Å². The standard InChI is InChI=1S/C17H17Cl2NO5S/c1-24-16-6-4-11(7-13(16)17(21)25-2)9-20-26(22,23)10-12-3-5-14(18)15(19)8-12/h3-8,20H,9-10H2,1-2H3. The third-order valence-corrected chi connectivity index (χ3v) is 5.54. The van der Waals surface area contributed by atoms with Gasteiger partial charge >= 0.3 is 5.97 Å². The Balaban J connectivity index is 2.11. The molecule has 9 heteroatoms. The van der Waals surface area contributed by atoms with Gasteiger partial charge in [-0.05, 0) is 35.4 Å². The van der Waals surface area contributed by atoms with Crippen LogP contribution < -0.4 is 9.46 Å². The predicted molar refractivity (Wildman–Crippen MR) is 100 cm³/mol. The number of carbonyl (C=O) groups is 1. The number of rotatable bonds is 7. The van der Waals surface area contributed by atoms with Crippen LogP contribution in [0, 0.1) is 0 Å². The van der Waals surface area contributed by atoms with Crippen LogP contribution >= 0.6 is 23.2 Å². The minimum Gasteiger partial charge on any atom is -0.496 e. The zero-order chi connectivity index (χ0) is 19.3. The fraction of sp³-hybridized carbons (Fsp3) is 0.235. The highest BCUT2D eigenvalue weighted by Crippen LogP contribution is 2.24. The number of carbonyl (C=O) groups excluding carboxylic acids is 1. The third kappa shape index (κ3) is 5.35. The van der Waals surface area contributed by atoms with Gasteiger partial charge in [0, 0.05) is 6.54 Å². The maximum atomic E-state index is 12.3. The fourth-order valence-electron chi connectivity index (χ4n) is 2.23. The van der Waals surface area contributed by atoms with Gasteiger partial charge in [0.2, 0.25) is 10.0 Å². The van der Waals surface area contributed by atoms with Gasteiger partial charge in [-0.2, -0.15) is 0 Å². The average Bonchev–Trinajstić information content (AvgIpc) is 2.62. The van der Waals surface area contributed by atoms with Gasteiger partial charge in [-0.1, -0.05) is 35.3 Å². The van der Waals surface area contributed by atoms with Crippen molar-refractivity contribution < 1.29 is 22.7 Å². The number of hydrogen-bond acceptors (Lipinski definition) is 5. The molecule has 0 heterocycles. The lowest BCUT2D eigenvalue weighted by molar-refractivity contribution is 0.0597. The number of hydrogen-bond donors (Lipinski definition) is 1. The zero-order valence-corrected chi connectivity index (χ0v) is 16.4. The summed E-state index contributed by atoms with van der Waals surface area (Å²) in [6, 6.07) is 9.40. The molecule has 2 rings (SSSR count). The van der Waals surface area contributed by atoms with Gasteiger partial charge in [0.25, 0.3) is 0 Å². The molecule has 0 aromatic heterocycles. The highest BCUT2D eigenvalue weighted by Gasteiger charge is 2.16. The summed E-state index contributed by atoms with van der Waals surface area (Å²) in [5.41, 5.74) is 1.32. The Morgan fingerprint density at radius 1 is 1.04 bits per heavy atom. The highest BCUT2D eigenvalue weighted by molar-refractivity contribution is 7.88. The molecule has 0 fully saturated rings. The molecule has 0 amide bonds. The molecule has 0 spiro atoms. The Hall–Kier alpha value is -1.80. The summed E-state index contributed by atoms with van der Waals surface area (Å²) >= 11 is 11.7. The molecular weight excluding hydrogens is 401 g/mol. The summed E-state index contributed by atoms with van der Waals surface area (Å²) in [5.74, 6) is -0.467. The van der Waals surface area contributed by atoms with Crippen LogP contribution in [0.1, 0.15) is 21.5 Å². The third-order valence-electron chi connectivity index (χ3n) is 3.51. The van der Waals surface area contributed by atoms with Crippen molar-refractivity contribution in [3.63, 3.8) is 0 Å². The molecule has 0 radical (unpaired) electrons. The van der Waals surface area contributed by atoms with Crippen molar-refractivity contribution in [1.29, 1.82) is 0 Å². The van der Waals surface area contributed by atoms with Crippen LogP contribution in [0.25, 0.3) is 0 Å². The van der Waals surface area contributed by atoms with Crippen molar-refractivity contribution >= 4 is 39.2 Å².